The van der Waals surface area contributed by atoms with Gasteiger partial charge in [-0.15, -0.1) is 0 Å². The number of rotatable bonds is 2. The van der Waals surface area contributed by atoms with Crippen molar-refractivity contribution in [2.75, 3.05) is 0 Å². The molecule has 1 saturated carbocycles. The summed E-state index contributed by atoms with van der Waals surface area (Å²) < 4.78 is 1.06. The SMILES string of the molecule is CC1(Cn2c(=O)[nH]c(=O)[nH]c2=O)CCC1. The van der Waals surface area contributed by atoms with E-state index in [9.17, 15) is 14.4 Å². The summed E-state index contributed by atoms with van der Waals surface area (Å²) in [5, 5.41) is 0. The third-order valence-electron chi connectivity index (χ3n) is 3.03. The molecule has 0 amide bonds. The summed E-state index contributed by atoms with van der Waals surface area (Å²) in [6, 6.07) is 0. The lowest BCUT2D eigenvalue weighted by molar-refractivity contribution is 0.127. The first kappa shape index (κ1) is 9.95. The van der Waals surface area contributed by atoms with Crippen LogP contribution in [0, 0.1) is 5.41 Å². The molecule has 0 atom stereocenters. The van der Waals surface area contributed by atoms with Crippen LogP contribution in [0.25, 0.3) is 0 Å². The monoisotopic (exact) mass is 211 g/mol. The van der Waals surface area contributed by atoms with Crippen LogP contribution in [0.4, 0.5) is 0 Å². The standard InChI is InChI=1S/C9H13N3O3/c1-9(3-2-4-9)5-12-7(14)10-6(13)11-8(12)15/h2-5H2,1H3,(H2,10,11,13,14,15). The van der Waals surface area contributed by atoms with Crippen LogP contribution in [0.2, 0.25) is 0 Å². The van der Waals surface area contributed by atoms with Gasteiger partial charge in [-0.05, 0) is 18.3 Å². The highest BCUT2D eigenvalue weighted by Crippen LogP contribution is 2.40. The number of hydrogen-bond donors (Lipinski definition) is 2. The number of H-pyrrole nitrogens is 2. The zero-order valence-corrected chi connectivity index (χ0v) is 8.50. The number of aromatic amines is 2. The van der Waals surface area contributed by atoms with Gasteiger partial charge in [0.05, 0.1) is 0 Å². The summed E-state index contributed by atoms with van der Waals surface area (Å²) in [5.41, 5.74) is -1.98. The van der Waals surface area contributed by atoms with Crippen LogP contribution in [0.5, 0.6) is 0 Å². The molecular formula is C9H13N3O3. The van der Waals surface area contributed by atoms with Crippen LogP contribution in [0.3, 0.4) is 0 Å². The Balaban J connectivity index is 2.41. The lowest BCUT2D eigenvalue weighted by Crippen LogP contribution is -2.47. The van der Waals surface area contributed by atoms with Gasteiger partial charge < -0.3 is 0 Å². The van der Waals surface area contributed by atoms with Gasteiger partial charge >= 0.3 is 17.1 Å². The average molecular weight is 211 g/mol. The first-order valence-corrected chi connectivity index (χ1v) is 4.94. The highest BCUT2D eigenvalue weighted by Gasteiger charge is 2.32. The van der Waals surface area contributed by atoms with Crippen LogP contribution < -0.4 is 17.1 Å². The van der Waals surface area contributed by atoms with Gasteiger partial charge in [-0.2, -0.15) is 0 Å². The van der Waals surface area contributed by atoms with E-state index in [1.165, 1.54) is 0 Å². The molecule has 0 radical (unpaired) electrons. The van der Waals surface area contributed by atoms with Gasteiger partial charge in [0.25, 0.3) is 0 Å². The van der Waals surface area contributed by atoms with E-state index in [4.69, 9.17) is 0 Å². The van der Waals surface area contributed by atoms with E-state index in [1.807, 2.05) is 16.9 Å². The number of hydrogen-bond acceptors (Lipinski definition) is 3. The highest BCUT2D eigenvalue weighted by molar-refractivity contribution is 4.85. The highest BCUT2D eigenvalue weighted by atomic mass is 16.2. The molecule has 82 valence electrons. The van der Waals surface area contributed by atoms with Crippen molar-refractivity contribution in [3.63, 3.8) is 0 Å². The molecule has 1 aromatic rings. The Morgan fingerprint density at radius 2 is 1.73 bits per heavy atom. The molecule has 1 aliphatic rings. The second kappa shape index (κ2) is 3.22. The van der Waals surface area contributed by atoms with Gasteiger partial charge in [-0.1, -0.05) is 13.3 Å². The smallest absolute Gasteiger partial charge is 0.259 e. The molecule has 6 heteroatoms. The number of aromatic nitrogens is 3. The second-order valence-electron chi connectivity index (χ2n) is 4.44. The van der Waals surface area contributed by atoms with Crippen molar-refractivity contribution in [2.24, 2.45) is 5.41 Å². The molecule has 1 fully saturated rings. The Hall–Kier alpha value is -1.59. The maximum atomic E-state index is 11.4. The molecule has 0 aliphatic heterocycles. The first-order valence-electron chi connectivity index (χ1n) is 4.94. The molecule has 15 heavy (non-hydrogen) atoms. The average Bonchev–Trinajstić information content (AvgIpc) is 2.08. The van der Waals surface area contributed by atoms with Crippen molar-refractivity contribution in [1.82, 2.24) is 14.5 Å². The Labute approximate surface area is 85.0 Å². The molecule has 6 nitrogen and oxygen atoms in total. The largest absolute Gasteiger partial charge is 0.333 e. The zero-order valence-electron chi connectivity index (χ0n) is 8.50. The van der Waals surface area contributed by atoms with Crippen molar-refractivity contribution >= 4 is 0 Å². The molecule has 2 rings (SSSR count). The first-order chi connectivity index (χ1) is 7.00. The quantitative estimate of drug-likeness (QED) is 0.685. The molecule has 0 unspecified atom stereocenters. The normalized spacial score (nSPS) is 18.5. The second-order valence-corrected chi connectivity index (χ2v) is 4.44. The lowest BCUT2D eigenvalue weighted by atomic mass is 9.70. The van der Waals surface area contributed by atoms with Crippen molar-refractivity contribution in [3.8, 4) is 0 Å². The maximum Gasteiger partial charge on any atom is 0.333 e. The summed E-state index contributed by atoms with van der Waals surface area (Å²) >= 11 is 0. The topological polar surface area (TPSA) is 87.7 Å². The van der Waals surface area contributed by atoms with Crippen LogP contribution in [-0.4, -0.2) is 14.5 Å². The minimum atomic E-state index is -0.750. The van der Waals surface area contributed by atoms with E-state index in [-0.39, 0.29) is 5.41 Å². The van der Waals surface area contributed by atoms with Crippen molar-refractivity contribution in [3.05, 3.63) is 31.5 Å². The molecule has 0 spiro atoms. The lowest BCUT2D eigenvalue weighted by Gasteiger charge is -2.38. The van der Waals surface area contributed by atoms with E-state index in [0.29, 0.717) is 6.54 Å². The minimum Gasteiger partial charge on any atom is -0.259 e. The molecule has 1 aromatic heterocycles. The summed E-state index contributed by atoms with van der Waals surface area (Å²) in [6.45, 7) is 2.41. The number of nitrogens with one attached hydrogen (secondary N) is 2. The van der Waals surface area contributed by atoms with Crippen LogP contribution in [0.1, 0.15) is 26.2 Å². The summed E-state index contributed by atoms with van der Waals surface area (Å²) in [7, 11) is 0. The Bertz CT molecular complexity index is 498. The predicted molar refractivity (Wildman–Crippen MR) is 53.9 cm³/mol. The van der Waals surface area contributed by atoms with Crippen molar-refractivity contribution in [1.29, 1.82) is 0 Å². The molecule has 0 bridgehead atoms. The van der Waals surface area contributed by atoms with E-state index in [1.54, 1.807) is 0 Å². The van der Waals surface area contributed by atoms with Crippen LogP contribution >= 0.6 is 0 Å². The van der Waals surface area contributed by atoms with E-state index in [0.717, 1.165) is 23.8 Å². The fourth-order valence-corrected chi connectivity index (χ4v) is 1.92. The zero-order chi connectivity index (χ0) is 11.1. The Kier molecular flexibility index (Phi) is 2.13. The van der Waals surface area contributed by atoms with E-state index < -0.39 is 17.1 Å². The molecular weight excluding hydrogens is 198 g/mol. The molecule has 2 N–H and O–H groups in total. The van der Waals surface area contributed by atoms with Crippen molar-refractivity contribution in [2.45, 2.75) is 32.7 Å². The molecule has 0 saturated heterocycles. The molecule has 0 aromatic carbocycles. The maximum absolute atomic E-state index is 11.4. The van der Waals surface area contributed by atoms with Crippen LogP contribution in [0.15, 0.2) is 14.4 Å². The van der Waals surface area contributed by atoms with Gasteiger partial charge in [0, 0.05) is 6.54 Å². The predicted octanol–water partition coefficient (Wildman–Crippen LogP) is -0.585. The summed E-state index contributed by atoms with van der Waals surface area (Å²) in [5.74, 6) is 0. The van der Waals surface area contributed by atoms with E-state index >= 15 is 0 Å². The minimum absolute atomic E-state index is 0.0229. The third-order valence-corrected chi connectivity index (χ3v) is 3.03. The fraction of sp³-hybridized carbons (Fsp3) is 0.667. The van der Waals surface area contributed by atoms with Gasteiger partial charge in [0.15, 0.2) is 0 Å². The van der Waals surface area contributed by atoms with Gasteiger partial charge in [-0.25, -0.2) is 19.0 Å². The summed E-state index contributed by atoms with van der Waals surface area (Å²) in [4.78, 5) is 37.6. The van der Waals surface area contributed by atoms with Gasteiger partial charge in [-0.3, -0.25) is 9.97 Å². The van der Waals surface area contributed by atoms with Crippen molar-refractivity contribution < 1.29 is 0 Å². The molecule has 1 aliphatic carbocycles. The Morgan fingerprint density at radius 1 is 1.20 bits per heavy atom. The number of nitrogens with zero attached hydrogens (tertiary/aromatic N) is 1. The fourth-order valence-electron chi connectivity index (χ4n) is 1.92. The van der Waals surface area contributed by atoms with Crippen LogP contribution in [-0.2, 0) is 6.54 Å². The van der Waals surface area contributed by atoms with E-state index in [2.05, 4.69) is 0 Å². The Morgan fingerprint density at radius 3 is 2.13 bits per heavy atom. The third kappa shape index (κ3) is 1.79. The summed E-state index contributed by atoms with van der Waals surface area (Å²) in [6.07, 6.45) is 3.16. The van der Waals surface area contributed by atoms with Gasteiger partial charge in [0.2, 0.25) is 0 Å². The van der Waals surface area contributed by atoms with Gasteiger partial charge in [0.1, 0.15) is 0 Å². The molecule has 1 heterocycles.